The number of hydrogen-bond acceptors (Lipinski definition) is 9. The number of morpholine rings is 1. The summed E-state index contributed by atoms with van der Waals surface area (Å²) in [7, 11) is 0. The van der Waals surface area contributed by atoms with Crippen molar-refractivity contribution in [2.75, 3.05) is 46.3 Å². The van der Waals surface area contributed by atoms with Gasteiger partial charge in [-0.1, -0.05) is 12.6 Å². The molecular formula is C25H27ClNO8S+. The standard InChI is InChI=1S/C25H26ClNO8S/c1-16(27-6-8-31-9-7-27)12-21(34-15-35-23(29)5-4-22(26)28)25-24(30)18(14-36-25)17-2-3-19-20(13-17)33-11-10-32-19/h2-3,12-14,30H,1,4-11,15H2/p+1/b21-12+. The summed E-state index contributed by atoms with van der Waals surface area (Å²) in [4.78, 5) is 25.4. The maximum Gasteiger partial charge on any atom is 0.309 e. The van der Waals surface area contributed by atoms with Crippen molar-refractivity contribution in [1.82, 2.24) is 4.90 Å². The van der Waals surface area contributed by atoms with E-state index in [1.807, 2.05) is 23.6 Å². The van der Waals surface area contributed by atoms with Crippen molar-refractivity contribution < 1.29 is 38.4 Å². The van der Waals surface area contributed by atoms with E-state index in [1.54, 1.807) is 6.08 Å². The van der Waals surface area contributed by atoms with Crippen LogP contribution in [0.3, 0.4) is 0 Å². The molecule has 0 unspecified atom stereocenters. The largest absolute Gasteiger partial charge is 0.592 e. The van der Waals surface area contributed by atoms with Gasteiger partial charge in [-0.25, -0.2) is 0 Å². The molecule has 0 saturated carbocycles. The second kappa shape index (κ2) is 12.2. The molecule has 0 spiro atoms. The first-order chi connectivity index (χ1) is 17.4. The number of ether oxygens (including phenoxy) is 5. The van der Waals surface area contributed by atoms with Gasteiger partial charge in [0.05, 0.1) is 25.2 Å². The third kappa shape index (κ3) is 6.51. The number of rotatable bonds is 10. The highest BCUT2D eigenvalue weighted by molar-refractivity contribution is 7.12. The van der Waals surface area contributed by atoms with Crippen molar-refractivity contribution in [2.45, 2.75) is 12.8 Å². The van der Waals surface area contributed by atoms with Crippen LogP contribution in [0.4, 0.5) is 0 Å². The van der Waals surface area contributed by atoms with Gasteiger partial charge >= 0.3 is 5.97 Å². The third-order valence-corrected chi connectivity index (χ3v) is 6.73. The molecule has 2 aliphatic heterocycles. The number of carbonyl (C=O) groups excluding carboxylic acids is 2. The highest BCUT2D eigenvalue weighted by Gasteiger charge is 2.24. The van der Waals surface area contributed by atoms with E-state index in [0.717, 1.165) is 5.56 Å². The lowest BCUT2D eigenvalue weighted by molar-refractivity contribution is -0.152. The molecule has 4 rings (SSSR count). The first-order valence-electron chi connectivity index (χ1n) is 11.4. The molecule has 11 heteroatoms. The van der Waals surface area contributed by atoms with Crippen molar-refractivity contribution in [3.63, 3.8) is 0 Å². The number of esters is 1. The maximum absolute atomic E-state index is 11.9. The van der Waals surface area contributed by atoms with E-state index in [4.69, 9.17) is 40.4 Å². The zero-order valence-electron chi connectivity index (χ0n) is 19.5. The van der Waals surface area contributed by atoms with E-state index in [0.29, 0.717) is 72.9 Å². The number of allylic oxidation sites excluding steroid dienone is 1. The lowest BCUT2D eigenvalue weighted by Crippen LogP contribution is -2.34. The molecule has 2 N–H and O–H groups in total. The number of thiophene rings is 1. The van der Waals surface area contributed by atoms with Crippen molar-refractivity contribution in [3.05, 3.63) is 46.8 Å². The van der Waals surface area contributed by atoms with E-state index < -0.39 is 11.2 Å². The summed E-state index contributed by atoms with van der Waals surface area (Å²) in [6.45, 7) is 7.30. The molecule has 0 amide bonds. The Bertz CT molecular complexity index is 1150. The quantitative estimate of drug-likeness (QED) is 0.112. The van der Waals surface area contributed by atoms with Crippen molar-refractivity contribution in [1.29, 1.82) is 0 Å². The van der Waals surface area contributed by atoms with Crippen molar-refractivity contribution in [3.8, 4) is 28.4 Å². The molecule has 1 aromatic heterocycles. The summed E-state index contributed by atoms with van der Waals surface area (Å²) >= 11 is 6.62. The van der Waals surface area contributed by atoms with Gasteiger partial charge < -0.3 is 33.7 Å². The number of fused-ring (bicyclic) bond motifs is 1. The van der Waals surface area contributed by atoms with Crippen LogP contribution in [0.25, 0.3) is 16.9 Å². The first-order valence-corrected chi connectivity index (χ1v) is 12.6. The van der Waals surface area contributed by atoms with Crippen LogP contribution in [0.2, 0.25) is 0 Å². The highest BCUT2D eigenvalue weighted by Crippen LogP contribution is 2.44. The fourth-order valence-corrected chi connectivity index (χ4v) is 4.71. The highest BCUT2D eigenvalue weighted by atomic mass is 35.5. The van der Waals surface area contributed by atoms with Crippen LogP contribution in [-0.4, -0.2) is 67.5 Å². The maximum atomic E-state index is 11.9. The molecular weight excluding hydrogens is 510 g/mol. The van der Waals surface area contributed by atoms with Crippen LogP contribution < -0.4 is 9.47 Å². The van der Waals surface area contributed by atoms with Crippen LogP contribution in [0.15, 0.2) is 41.9 Å². The molecule has 2 aliphatic rings. The van der Waals surface area contributed by atoms with Gasteiger partial charge in [-0.2, -0.15) is 0 Å². The Morgan fingerprint density at radius 3 is 2.61 bits per heavy atom. The van der Waals surface area contributed by atoms with Crippen LogP contribution in [0.1, 0.15) is 17.7 Å². The van der Waals surface area contributed by atoms with Crippen molar-refractivity contribution in [2.24, 2.45) is 0 Å². The Balaban J connectivity index is 1.55. The van der Waals surface area contributed by atoms with Gasteiger partial charge in [0.25, 0.3) is 5.75 Å². The van der Waals surface area contributed by atoms with Gasteiger partial charge in [0.15, 0.2) is 22.1 Å². The van der Waals surface area contributed by atoms with E-state index in [-0.39, 0.29) is 25.4 Å². The summed E-state index contributed by atoms with van der Waals surface area (Å²) < 4.78 is 27.6. The van der Waals surface area contributed by atoms with Gasteiger partial charge in [0.2, 0.25) is 12.0 Å². The molecule has 0 radical (unpaired) electrons. The fraction of sp³-hybridized carbons (Fsp3) is 0.360. The number of halogens is 1. The average molecular weight is 537 g/mol. The molecule has 0 aliphatic carbocycles. The number of benzene rings is 1. The van der Waals surface area contributed by atoms with E-state index in [9.17, 15) is 9.59 Å². The SMILES string of the molecule is C=C(/C=C(/OCOC(=O)CCC(=O)Cl)c1scc(-c2ccc3c(c2)OCCO3)c1[OH2+])N1CCOCC1. The minimum atomic E-state index is -0.612. The van der Waals surface area contributed by atoms with Crippen LogP contribution in [0, 0.1) is 0 Å². The number of carbonyl (C=O) groups is 2. The van der Waals surface area contributed by atoms with E-state index in [2.05, 4.69) is 11.5 Å². The Morgan fingerprint density at radius 2 is 1.86 bits per heavy atom. The minimum Gasteiger partial charge on any atom is -0.592 e. The Morgan fingerprint density at radius 1 is 1.11 bits per heavy atom. The molecule has 2 aromatic rings. The lowest BCUT2D eigenvalue weighted by Gasteiger charge is -2.29. The second-order valence-corrected chi connectivity index (χ2v) is 9.25. The molecule has 192 valence electrons. The average Bonchev–Trinajstić information content (AvgIpc) is 3.28. The third-order valence-electron chi connectivity index (χ3n) is 5.54. The number of hydrogen-bond donors (Lipinski definition) is 0. The molecule has 3 heterocycles. The molecule has 0 atom stereocenters. The van der Waals surface area contributed by atoms with Gasteiger partial charge in [-0.05, 0) is 29.3 Å². The monoisotopic (exact) mass is 536 g/mol. The molecule has 1 saturated heterocycles. The lowest BCUT2D eigenvalue weighted by atomic mass is 10.1. The van der Waals surface area contributed by atoms with Crippen LogP contribution in [-0.2, 0) is 23.8 Å². The Labute approximate surface area is 217 Å². The van der Waals surface area contributed by atoms with Crippen LogP contribution in [0.5, 0.6) is 17.2 Å². The second-order valence-electron chi connectivity index (χ2n) is 7.94. The van der Waals surface area contributed by atoms with E-state index >= 15 is 0 Å². The summed E-state index contributed by atoms with van der Waals surface area (Å²) in [6, 6.07) is 5.57. The summed E-state index contributed by atoms with van der Waals surface area (Å²) in [5, 5.41) is 10.1. The van der Waals surface area contributed by atoms with Gasteiger partial charge in [0.1, 0.15) is 13.2 Å². The fourth-order valence-electron chi connectivity index (χ4n) is 3.66. The van der Waals surface area contributed by atoms with Gasteiger partial charge in [-0.15, -0.1) is 11.3 Å². The first kappa shape index (κ1) is 25.9. The minimum absolute atomic E-state index is 0.113. The van der Waals surface area contributed by atoms with Gasteiger partial charge in [0, 0.05) is 36.7 Å². The summed E-state index contributed by atoms with van der Waals surface area (Å²) in [5.41, 5.74) is 2.22. The van der Waals surface area contributed by atoms with Gasteiger partial charge in [-0.3, -0.25) is 9.59 Å². The molecule has 1 fully saturated rings. The molecule has 0 bridgehead atoms. The van der Waals surface area contributed by atoms with Crippen molar-refractivity contribution >= 4 is 39.9 Å². The predicted octanol–water partition coefficient (Wildman–Crippen LogP) is 3.87. The molecule has 9 nitrogen and oxygen atoms in total. The predicted molar refractivity (Wildman–Crippen MR) is 135 cm³/mol. The topological polar surface area (TPSA) is 106 Å². The number of nitrogens with zero attached hydrogens (tertiary/aromatic N) is 1. The zero-order chi connectivity index (χ0) is 25.5. The molecule has 36 heavy (non-hydrogen) atoms. The summed E-state index contributed by atoms with van der Waals surface area (Å²) in [5.74, 6) is 1.32. The summed E-state index contributed by atoms with van der Waals surface area (Å²) in [6.07, 6.45) is 1.48. The smallest absolute Gasteiger partial charge is 0.309 e. The normalized spacial score (nSPS) is 15.4. The molecule has 1 aromatic carbocycles. The van der Waals surface area contributed by atoms with E-state index in [1.165, 1.54) is 11.3 Å². The Hall–Kier alpha value is -3.21. The zero-order valence-corrected chi connectivity index (χ0v) is 21.1. The Kier molecular flexibility index (Phi) is 8.74. The van der Waals surface area contributed by atoms with Crippen LogP contribution >= 0.6 is 22.9 Å².